The molecule has 1 aliphatic heterocycles. The van der Waals surface area contributed by atoms with Crippen LogP contribution in [0.5, 0.6) is 0 Å². The van der Waals surface area contributed by atoms with Gasteiger partial charge in [0.05, 0.1) is 15.8 Å². The normalized spacial score (nSPS) is 15.3. The lowest BCUT2D eigenvalue weighted by Crippen LogP contribution is -2.39. The van der Waals surface area contributed by atoms with Crippen LogP contribution in [0, 0.1) is 20.8 Å². The van der Waals surface area contributed by atoms with Crippen LogP contribution < -0.4 is 4.90 Å². The van der Waals surface area contributed by atoms with Gasteiger partial charge in [-0.25, -0.2) is 13.4 Å². The molecule has 0 unspecified atom stereocenters. The highest BCUT2D eigenvalue weighted by Crippen LogP contribution is 2.33. The first-order chi connectivity index (χ1) is 15.1. The Labute approximate surface area is 204 Å². The number of aryl methyl sites for hydroxylation is 3. The third-order valence-corrected chi connectivity index (χ3v) is 10.1. The zero-order valence-corrected chi connectivity index (χ0v) is 21.5. The number of halogens is 2. The van der Waals surface area contributed by atoms with Crippen LogP contribution in [-0.2, 0) is 16.3 Å². The monoisotopic (exact) mass is 508 g/mol. The lowest BCUT2D eigenvalue weighted by atomic mass is 10.1. The molecule has 32 heavy (non-hydrogen) atoms. The summed E-state index contributed by atoms with van der Waals surface area (Å²) < 4.78 is 26.8. The molecule has 0 aliphatic carbocycles. The number of sulfone groups is 1. The molecule has 2 heterocycles. The number of piperidine rings is 1. The van der Waals surface area contributed by atoms with E-state index in [0.717, 1.165) is 33.1 Å². The quantitative estimate of drug-likeness (QED) is 0.399. The minimum atomic E-state index is -3.36. The third-order valence-electron chi connectivity index (χ3n) is 5.97. The fraction of sp³-hybridized carbons (Fsp3) is 0.375. The summed E-state index contributed by atoms with van der Waals surface area (Å²) in [6.45, 7) is 7.15. The molecule has 4 nitrogen and oxygen atoms in total. The van der Waals surface area contributed by atoms with Gasteiger partial charge in [-0.2, -0.15) is 0 Å². The Morgan fingerprint density at radius 1 is 1.06 bits per heavy atom. The van der Waals surface area contributed by atoms with E-state index in [1.807, 2.05) is 50.4 Å². The second-order valence-electron chi connectivity index (χ2n) is 8.49. The van der Waals surface area contributed by atoms with Crippen molar-refractivity contribution in [3.63, 3.8) is 0 Å². The number of benzene rings is 2. The van der Waals surface area contributed by atoms with E-state index in [2.05, 4.69) is 4.90 Å². The average Bonchev–Trinajstić information content (AvgIpc) is 3.18. The summed E-state index contributed by atoms with van der Waals surface area (Å²) in [6, 6.07) is 9.42. The number of rotatable bonds is 5. The zero-order valence-electron chi connectivity index (χ0n) is 18.4. The Bertz CT molecular complexity index is 1220. The Balaban J connectivity index is 1.44. The van der Waals surface area contributed by atoms with Crippen LogP contribution in [0.2, 0.25) is 10.0 Å². The number of anilines is 1. The number of hydrogen-bond donors (Lipinski definition) is 0. The first-order valence-corrected chi connectivity index (χ1v) is 13.8. The molecule has 0 spiro atoms. The van der Waals surface area contributed by atoms with E-state index in [1.165, 1.54) is 0 Å². The van der Waals surface area contributed by atoms with Gasteiger partial charge < -0.3 is 4.90 Å². The Morgan fingerprint density at radius 3 is 2.34 bits per heavy atom. The van der Waals surface area contributed by atoms with Gasteiger partial charge in [-0.15, -0.1) is 11.3 Å². The van der Waals surface area contributed by atoms with Crippen LogP contribution in [0.15, 0.2) is 40.6 Å². The Kier molecular flexibility index (Phi) is 6.87. The van der Waals surface area contributed by atoms with E-state index in [9.17, 15) is 8.42 Å². The van der Waals surface area contributed by atoms with E-state index in [0.29, 0.717) is 47.3 Å². The molecule has 0 N–H and O–H groups in total. The molecule has 2 aromatic carbocycles. The number of hydrogen-bond acceptors (Lipinski definition) is 5. The fourth-order valence-corrected chi connectivity index (χ4v) is 8.06. The first-order valence-electron chi connectivity index (χ1n) is 10.6. The molecular weight excluding hydrogens is 483 g/mol. The molecule has 8 heteroatoms. The van der Waals surface area contributed by atoms with Crippen molar-refractivity contribution >= 4 is 49.5 Å². The summed E-state index contributed by atoms with van der Waals surface area (Å²) >= 11 is 13.9. The van der Waals surface area contributed by atoms with E-state index < -0.39 is 9.84 Å². The molecule has 170 valence electrons. The highest BCUT2D eigenvalue weighted by atomic mass is 35.5. The SMILES string of the molecule is Cc1cc(C)c(S(=O)(=O)C2CCN(c3nc(Cc4ccc(Cl)cc4Cl)cs3)CC2)c(C)c1. The van der Waals surface area contributed by atoms with E-state index in [1.54, 1.807) is 17.4 Å². The first kappa shape index (κ1) is 23.6. The lowest BCUT2D eigenvalue weighted by Gasteiger charge is -2.32. The summed E-state index contributed by atoms with van der Waals surface area (Å²) in [4.78, 5) is 7.48. The second kappa shape index (κ2) is 9.34. The van der Waals surface area contributed by atoms with Crippen molar-refractivity contribution in [1.29, 1.82) is 0 Å². The van der Waals surface area contributed by atoms with Crippen LogP contribution in [0.1, 0.15) is 40.8 Å². The molecule has 3 aromatic rings. The van der Waals surface area contributed by atoms with Gasteiger partial charge in [0, 0.05) is 34.9 Å². The lowest BCUT2D eigenvalue weighted by molar-refractivity contribution is 0.528. The van der Waals surface area contributed by atoms with Gasteiger partial charge in [0.1, 0.15) is 0 Å². The predicted octanol–water partition coefficient (Wildman–Crippen LogP) is 6.41. The third kappa shape index (κ3) is 4.84. The van der Waals surface area contributed by atoms with Gasteiger partial charge in [-0.3, -0.25) is 0 Å². The summed E-state index contributed by atoms with van der Waals surface area (Å²) in [6.07, 6.45) is 1.85. The highest BCUT2D eigenvalue weighted by Gasteiger charge is 2.34. The van der Waals surface area contributed by atoms with E-state index in [4.69, 9.17) is 28.2 Å². The van der Waals surface area contributed by atoms with E-state index in [-0.39, 0.29) is 5.25 Å². The summed E-state index contributed by atoms with van der Waals surface area (Å²) in [5.74, 6) is 0. The standard InChI is InChI=1S/C24H26Cl2N2O2S2/c1-15-10-16(2)23(17(3)11-15)32(29,30)21-6-8-28(9-7-21)24-27-20(14-31-24)12-18-4-5-19(25)13-22(18)26/h4-5,10-11,13-14,21H,6-9,12H2,1-3H3. The zero-order chi connectivity index (χ0) is 23.0. The molecular formula is C24H26Cl2N2O2S2. The Morgan fingerprint density at radius 2 is 1.72 bits per heavy atom. The molecule has 0 bridgehead atoms. The highest BCUT2D eigenvalue weighted by molar-refractivity contribution is 7.92. The second-order valence-corrected chi connectivity index (χ2v) is 12.3. The molecule has 0 saturated carbocycles. The maximum Gasteiger partial charge on any atom is 0.185 e. The van der Waals surface area contributed by atoms with Crippen molar-refractivity contribution in [1.82, 2.24) is 4.98 Å². The van der Waals surface area contributed by atoms with Crippen molar-refractivity contribution in [3.05, 3.63) is 73.7 Å². The molecule has 4 rings (SSSR count). The molecule has 1 aromatic heterocycles. The fourth-order valence-electron chi connectivity index (χ4n) is 4.52. The van der Waals surface area contributed by atoms with Crippen molar-refractivity contribution in [2.24, 2.45) is 0 Å². The van der Waals surface area contributed by atoms with Crippen LogP contribution in [-0.4, -0.2) is 31.7 Å². The summed E-state index contributed by atoms with van der Waals surface area (Å²) in [5, 5.41) is 3.88. The van der Waals surface area contributed by atoms with Crippen LogP contribution in [0.3, 0.4) is 0 Å². The van der Waals surface area contributed by atoms with Gasteiger partial charge in [-0.05, 0) is 62.4 Å². The minimum Gasteiger partial charge on any atom is -0.348 e. The van der Waals surface area contributed by atoms with Crippen LogP contribution in [0.4, 0.5) is 5.13 Å². The van der Waals surface area contributed by atoms with Gasteiger partial charge in [-0.1, -0.05) is 47.0 Å². The van der Waals surface area contributed by atoms with Crippen molar-refractivity contribution in [3.8, 4) is 0 Å². The van der Waals surface area contributed by atoms with Crippen LogP contribution in [0.25, 0.3) is 0 Å². The average molecular weight is 510 g/mol. The topological polar surface area (TPSA) is 50.3 Å². The Hall–Kier alpha value is -1.60. The molecule has 1 saturated heterocycles. The van der Waals surface area contributed by atoms with Gasteiger partial charge in [0.2, 0.25) is 0 Å². The molecule has 1 fully saturated rings. The number of aromatic nitrogens is 1. The van der Waals surface area contributed by atoms with Crippen molar-refractivity contribution < 1.29 is 8.42 Å². The molecule has 1 aliphatic rings. The van der Waals surface area contributed by atoms with Crippen molar-refractivity contribution in [2.75, 3.05) is 18.0 Å². The van der Waals surface area contributed by atoms with Gasteiger partial charge in [0.15, 0.2) is 15.0 Å². The van der Waals surface area contributed by atoms with Gasteiger partial charge in [0.25, 0.3) is 0 Å². The molecule has 0 radical (unpaired) electrons. The van der Waals surface area contributed by atoms with Gasteiger partial charge >= 0.3 is 0 Å². The van der Waals surface area contributed by atoms with Crippen LogP contribution >= 0.6 is 34.5 Å². The summed E-state index contributed by atoms with van der Waals surface area (Å²) in [5.41, 5.74) is 4.72. The molecule has 0 atom stereocenters. The molecule has 0 amide bonds. The van der Waals surface area contributed by atoms with Crippen molar-refractivity contribution in [2.45, 2.75) is 50.2 Å². The minimum absolute atomic E-state index is 0.355. The number of thiazole rings is 1. The smallest absolute Gasteiger partial charge is 0.185 e. The predicted molar refractivity (Wildman–Crippen MR) is 134 cm³/mol. The number of nitrogens with zero attached hydrogens (tertiary/aromatic N) is 2. The van der Waals surface area contributed by atoms with E-state index >= 15 is 0 Å². The summed E-state index contributed by atoms with van der Waals surface area (Å²) in [7, 11) is -3.36. The maximum atomic E-state index is 13.4. The maximum absolute atomic E-state index is 13.4. The largest absolute Gasteiger partial charge is 0.348 e.